The lowest BCUT2D eigenvalue weighted by Crippen LogP contribution is -2.35. The first-order valence-corrected chi connectivity index (χ1v) is 10.4. The van der Waals surface area contributed by atoms with E-state index in [0.717, 1.165) is 0 Å². The van der Waals surface area contributed by atoms with E-state index in [9.17, 15) is 29.6 Å². The molecule has 1 atom stereocenters. The molecule has 0 unspecified atom stereocenters. The van der Waals surface area contributed by atoms with Crippen LogP contribution in [0.25, 0.3) is 5.76 Å². The fourth-order valence-electron chi connectivity index (χ4n) is 4.09. The standard InChI is InChI=1S/C23H26N4O7/c1-12-16(13(2)24-18(12)23(31)34-5)20(28)17-19(14-6-8-15(9-7-14)27(32)33)26(11-10-25(3)4)22(30)21(17)29/h6-9,19,24,28H,10-11H2,1-5H3/b20-17+/t19-/m1/s1. The van der Waals surface area contributed by atoms with Gasteiger partial charge in [0.2, 0.25) is 0 Å². The van der Waals surface area contributed by atoms with Crippen LogP contribution < -0.4 is 0 Å². The molecule has 11 nitrogen and oxygen atoms in total. The molecule has 2 heterocycles. The van der Waals surface area contributed by atoms with E-state index in [1.54, 1.807) is 13.8 Å². The summed E-state index contributed by atoms with van der Waals surface area (Å²) in [5.41, 5.74) is 1.26. The number of aromatic amines is 1. The summed E-state index contributed by atoms with van der Waals surface area (Å²) >= 11 is 0. The van der Waals surface area contributed by atoms with Crippen molar-refractivity contribution in [2.45, 2.75) is 19.9 Å². The number of likely N-dealkylation sites (tertiary alicyclic amines) is 1. The second-order valence-electron chi connectivity index (χ2n) is 8.26. The zero-order chi connectivity index (χ0) is 25.3. The Morgan fingerprint density at radius 3 is 2.38 bits per heavy atom. The predicted octanol–water partition coefficient (Wildman–Crippen LogP) is 2.31. The average molecular weight is 470 g/mol. The van der Waals surface area contributed by atoms with E-state index < -0.39 is 34.4 Å². The van der Waals surface area contributed by atoms with E-state index in [4.69, 9.17) is 4.74 Å². The summed E-state index contributed by atoms with van der Waals surface area (Å²) in [4.78, 5) is 54.8. The Kier molecular flexibility index (Phi) is 6.87. The van der Waals surface area contributed by atoms with E-state index in [-0.39, 0.29) is 29.1 Å². The van der Waals surface area contributed by atoms with Crippen LogP contribution in [0.5, 0.6) is 0 Å². The number of nitro groups is 1. The van der Waals surface area contributed by atoms with Crippen molar-refractivity contribution >= 4 is 29.1 Å². The zero-order valence-electron chi connectivity index (χ0n) is 19.5. The molecule has 34 heavy (non-hydrogen) atoms. The molecule has 0 bridgehead atoms. The van der Waals surface area contributed by atoms with Crippen LogP contribution in [0, 0.1) is 24.0 Å². The highest BCUT2D eigenvalue weighted by molar-refractivity contribution is 6.46. The lowest BCUT2D eigenvalue weighted by molar-refractivity contribution is -0.384. The summed E-state index contributed by atoms with van der Waals surface area (Å²) in [7, 11) is 4.86. The number of ketones is 1. The molecule has 1 aromatic carbocycles. The Morgan fingerprint density at radius 2 is 1.85 bits per heavy atom. The Balaban J connectivity index is 2.22. The lowest BCUT2D eigenvalue weighted by atomic mass is 9.94. The fraction of sp³-hybridized carbons (Fsp3) is 0.348. The van der Waals surface area contributed by atoms with Gasteiger partial charge in [-0.15, -0.1) is 0 Å². The largest absolute Gasteiger partial charge is 0.507 e. The van der Waals surface area contributed by atoms with Gasteiger partial charge in [-0.2, -0.15) is 0 Å². The monoisotopic (exact) mass is 470 g/mol. The van der Waals surface area contributed by atoms with Gasteiger partial charge in [-0.25, -0.2) is 4.79 Å². The van der Waals surface area contributed by atoms with Crippen LogP contribution >= 0.6 is 0 Å². The maximum Gasteiger partial charge on any atom is 0.354 e. The van der Waals surface area contributed by atoms with Crippen molar-refractivity contribution in [2.75, 3.05) is 34.3 Å². The smallest absolute Gasteiger partial charge is 0.354 e. The molecule has 3 rings (SSSR count). The second-order valence-corrected chi connectivity index (χ2v) is 8.26. The Bertz CT molecular complexity index is 1190. The first-order valence-electron chi connectivity index (χ1n) is 10.4. The molecule has 0 spiro atoms. The number of aryl methyl sites for hydroxylation is 1. The van der Waals surface area contributed by atoms with Gasteiger partial charge < -0.3 is 24.6 Å². The Hall–Kier alpha value is -3.99. The highest BCUT2D eigenvalue weighted by Gasteiger charge is 2.46. The molecule has 11 heteroatoms. The van der Waals surface area contributed by atoms with E-state index >= 15 is 0 Å². The summed E-state index contributed by atoms with van der Waals surface area (Å²) in [5, 5.41) is 22.4. The number of nitro benzene ring substituents is 1. The predicted molar refractivity (Wildman–Crippen MR) is 122 cm³/mol. The van der Waals surface area contributed by atoms with Gasteiger partial charge in [0.1, 0.15) is 11.5 Å². The number of non-ortho nitro benzene ring substituents is 1. The molecule has 1 saturated heterocycles. The molecule has 0 saturated carbocycles. The van der Waals surface area contributed by atoms with Crippen LogP contribution in [-0.2, 0) is 14.3 Å². The summed E-state index contributed by atoms with van der Waals surface area (Å²) in [6.07, 6.45) is 0. The Labute approximate surface area is 195 Å². The van der Waals surface area contributed by atoms with Gasteiger partial charge in [-0.3, -0.25) is 19.7 Å². The number of H-pyrrole nitrogens is 1. The van der Waals surface area contributed by atoms with Crippen molar-refractivity contribution in [3.63, 3.8) is 0 Å². The summed E-state index contributed by atoms with van der Waals surface area (Å²) < 4.78 is 4.76. The van der Waals surface area contributed by atoms with Gasteiger partial charge in [-0.1, -0.05) is 0 Å². The van der Waals surface area contributed by atoms with Crippen molar-refractivity contribution in [3.8, 4) is 0 Å². The molecule has 1 aromatic heterocycles. The number of carbonyl (C=O) groups excluding carboxylic acids is 3. The van der Waals surface area contributed by atoms with Crippen molar-refractivity contribution in [1.82, 2.24) is 14.8 Å². The lowest BCUT2D eigenvalue weighted by Gasteiger charge is -2.26. The van der Waals surface area contributed by atoms with Crippen LogP contribution in [0.3, 0.4) is 0 Å². The van der Waals surface area contributed by atoms with Crippen LogP contribution in [0.4, 0.5) is 5.69 Å². The highest BCUT2D eigenvalue weighted by atomic mass is 16.6. The molecular weight excluding hydrogens is 444 g/mol. The topological polar surface area (TPSA) is 146 Å². The number of rotatable bonds is 7. The number of amides is 1. The quantitative estimate of drug-likeness (QED) is 0.157. The number of esters is 1. The number of carbonyl (C=O) groups is 3. The normalized spacial score (nSPS) is 17.5. The maximum absolute atomic E-state index is 13.1. The molecule has 1 amide bonds. The number of Topliss-reactive ketones (excluding diaryl/α,β-unsaturated/α-hetero) is 1. The number of nitrogens with zero attached hydrogens (tertiary/aromatic N) is 3. The van der Waals surface area contributed by atoms with Crippen molar-refractivity contribution in [1.29, 1.82) is 0 Å². The minimum absolute atomic E-state index is 0.121. The van der Waals surface area contributed by atoms with Gasteiger partial charge in [0.05, 0.1) is 23.6 Å². The molecule has 180 valence electrons. The van der Waals surface area contributed by atoms with E-state index in [1.807, 2.05) is 19.0 Å². The number of methoxy groups -OCH3 is 1. The SMILES string of the molecule is COC(=O)c1[nH]c(C)c(/C(O)=C2\C(=O)C(=O)N(CCN(C)C)[C@@H]2c2ccc([N+](=O)[O-])cc2)c1C. The molecule has 0 radical (unpaired) electrons. The summed E-state index contributed by atoms with van der Waals surface area (Å²) in [5.74, 6) is -2.74. The molecular formula is C23H26N4O7. The van der Waals surface area contributed by atoms with Crippen molar-refractivity contribution in [3.05, 3.63) is 68.0 Å². The fourth-order valence-corrected chi connectivity index (χ4v) is 4.09. The molecule has 2 N–H and O–H groups in total. The average Bonchev–Trinajstić information content (AvgIpc) is 3.23. The van der Waals surface area contributed by atoms with Crippen molar-refractivity contribution in [2.24, 2.45) is 0 Å². The van der Waals surface area contributed by atoms with Crippen LogP contribution in [0.1, 0.15) is 38.9 Å². The number of benzene rings is 1. The molecule has 2 aromatic rings. The van der Waals surface area contributed by atoms with Gasteiger partial charge >= 0.3 is 5.97 Å². The number of aromatic nitrogens is 1. The second kappa shape index (κ2) is 9.48. The number of aliphatic hydroxyl groups excluding tert-OH is 1. The Morgan fingerprint density at radius 1 is 1.24 bits per heavy atom. The number of ether oxygens (including phenoxy) is 1. The number of hydrogen-bond donors (Lipinski definition) is 2. The minimum atomic E-state index is -0.962. The summed E-state index contributed by atoms with van der Waals surface area (Å²) in [6, 6.07) is 4.52. The van der Waals surface area contributed by atoms with E-state index in [2.05, 4.69) is 4.98 Å². The van der Waals surface area contributed by atoms with E-state index in [0.29, 0.717) is 23.4 Å². The molecule has 1 fully saturated rings. The van der Waals surface area contributed by atoms with Crippen LogP contribution in [0.15, 0.2) is 29.8 Å². The minimum Gasteiger partial charge on any atom is -0.507 e. The van der Waals surface area contributed by atoms with Crippen molar-refractivity contribution < 1.29 is 29.2 Å². The van der Waals surface area contributed by atoms with Gasteiger partial charge in [0.15, 0.2) is 0 Å². The third kappa shape index (κ3) is 4.29. The van der Waals surface area contributed by atoms with Crippen LogP contribution in [-0.4, -0.2) is 76.8 Å². The van der Waals surface area contributed by atoms with Gasteiger partial charge in [-0.05, 0) is 51.2 Å². The van der Waals surface area contributed by atoms with Crippen LogP contribution in [0.2, 0.25) is 0 Å². The molecule has 1 aliphatic rings. The third-order valence-corrected chi connectivity index (χ3v) is 5.81. The summed E-state index contributed by atoms with van der Waals surface area (Å²) in [6.45, 7) is 3.85. The molecule has 0 aliphatic carbocycles. The zero-order valence-corrected chi connectivity index (χ0v) is 19.5. The first-order chi connectivity index (χ1) is 16.0. The highest BCUT2D eigenvalue weighted by Crippen LogP contribution is 2.41. The number of aliphatic hydroxyl groups is 1. The third-order valence-electron chi connectivity index (χ3n) is 5.81. The first kappa shape index (κ1) is 24.6. The number of likely N-dealkylation sites (N-methyl/N-ethyl adjacent to an activating group) is 1. The van der Waals surface area contributed by atoms with Gasteiger partial charge in [0, 0.05) is 36.5 Å². The molecule has 1 aliphatic heterocycles. The maximum atomic E-state index is 13.1. The number of nitrogens with one attached hydrogen (secondary N) is 1. The van der Waals surface area contributed by atoms with Gasteiger partial charge in [0.25, 0.3) is 17.4 Å². The number of hydrogen-bond acceptors (Lipinski definition) is 8. The van der Waals surface area contributed by atoms with E-state index in [1.165, 1.54) is 36.3 Å².